The van der Waals surface area contributed by atoms with E-state index >= 15 is 0 Å². The number of likely N-dealkylation sites (tertiary alicyclic amines) is 1. The van der Waals surface area contributed by atoms with Gasteiger partial charge in [0.2, 0.25) is 5.91 Å². The van der Waals surface area contributed by atoms with Gasteiger partial charge in [0.25, 0.3) is 5.91 Å². The summed E-state index contributed by atoms with van der Waals surface area (Å²) in [5.41, 5.74) is 2.08. The molecular weight excluding hydrogens is 338 g/mol. The molecule has 3 fully saturated rings. The second kappa shape index (κ2) is 8.42. The van der Waals surface area contributed by atoms with Gasteiger partial charge in [-0.25, -0.2) is 0 Å². The molecule has 1 aromatic carbocycles. The highest BCUT2D eigenvalue weighted by atomic mass is 16.2. The molecule has 2 heterocycles. The average molecular weight is 370 g/mol. The average Bonchev–Trinajstić information content (AvgIpc) is 3.34. The molecule has 2 amide bonds. The summed E-state index contributed by atoms with van der Waals surface area (Å²) in [6.07, 6.45) is 6.99. The fourth-order valence-electron chi connectivity index (χ4n) is 4.43. The molecule has 27 heavy (non-hydrogen) atoms. The molecule has 1 atom stereocenters. The summed E-state index contributed by atoms with van der Waals surface area (Å²) < 4.78 is 0. The van der Waals surface area contributed by atoms with Crippen LogP contribution in [0.3, 0.4) is 0 Å². The molecule has 0 bridgehead atoms. The zero-order valence-electron chi connectivity index (χ0n) is 16.1. The van der Waals surface area contributed by atoms with Crippen molar-refractivity contribution in [3.05, 3.63) is 35.4 Å². The smallest absolute Gasteiger partial charge is 0.254 e. The molecule has 4 rings (SSSR count). The highest BCUT2D eigenvalue weighted by Crippen LogP contribution is 2.29. The monoisotopic (exact) mass is 369 g/mol. The lowest BCUT2D eigenvalue weighted by Gasteiger charge is -2.32. The second-order valence-electron chi connectivity index (χ2n) is 8.39. The van der Waals surface area contributed by atoms with Crippen LogP contribution in [-0.2, 0) is 4.79 Å². The van der Waals surface area contributed by atoms with Crippen LogP contribution in [-0.4, -0.2) is 48.9 Å². The Bertz CT molecular complexity index is 672. The van der Waals surface area contributed by atoms with E-state index in [9.17, 15) is 9.59 Å². The zero-order valence-corrected chi connectivity index (χ0v) is 16.1. The van der Waals surface area contributed by atoms with Crippen LogP contribution in [0.25, 0.3) is 0 Å². The lowest BCUT2D eigenvalue weighted by molar-refractivity contribution is -0.121. The van der Waals surface area contributed by atoms with E-state index in [1.807, 2.05) is 23.1 Å². The van der Waals surface area contributed by atoms with Crippen LogP contribution in [0.15, 0.2) is 24.3 Å². The summed E-state index contributed by atoms with van der Waals surface area (Å²) >= 11 is 0. The van der Waals surface area contributed by atoms with Gasteiger partial charge in [0.05, 0.1) is 0 Å². The molecule has 2 saturated heterocycles. The number of piperidine rings is 1. The number of nitrogens with zero attached hydrogens (tertiary/aromatic N) is 1. The minimum Gasteiger partial charge on any atom is -0.353 e. The van der Waals surface area contributed by atoms with Crippen LogP contribution in [0, 0.1) is 5.92 Å². The summed E-state index contributed by atoms with van der Waals surface area (Å²) in [5, 5.41) is 6.47. The number of nitrogens with one attached hydrogen (secondary N) is 2. The third kappa shape index (κ3) is 4.70. The molecule has 2 aliphatic heterocycles. The quantitative estimate of drug-likeness (QED) is 0.810. The number of carbonyl (C=O) groups is 2. The molecule has 1 aromatic rings. The van der Waals surface area contributed by atoms with Gasteiger partial charge in [-0.05, 0) is 68.5 Å². The Morgan fingerprint density at radius 1 is 1.07 bits per heavy atom. The molecule has 1 unspecified atom stereocenters. The molecule has 5 heteroatoms. The predicted molar refractivity (Wildman–Crippen MR) is 106 cm³/mol. The lowest BCUT2D eigenvalue weighted by Crippen LogP contribution is -2.39. The van der Waals surface area contributed by atoms with Gasteiger partial charge in [0, 0.05) is 37.7 Å². The first-order valence-electron chi connectivity index (χ1n) is 10.6. The number of carbonyl (C=O) groups excluding carboxylic acids is 2. The Morgan fingerprint density at radius 2 is 1.85 bits per heavy atom. The van der Waals surface area contributed by atoms with Gasteiger partial charge >= 0.3 is 0 Å². The van der Waals surface area contributed by atoms with E-state index in [2.05, 4.69) is 16.7 Å². The predicted octanol–water partition coefficient (Wildman–Crippen LogP) is 2.67. The van der Waals surface area contributed by atoms with Gasteiger partial charge in [0.1, 0.15) is 0 Å². The van der Waals surface area contributed by atoms with E-state index in [4.69, 9.17) is 0 Å². The van der Waals surface area contributed by atoms with Crippen molar-refractivity contribution in [2.24, 2.45) is 5.92 Å². The molecule has 0 aromatic heterocycles. The molecule has 1 saturated carbocycles. The Labute approximate surface area is 161 Å². The van der Waals surface area contributed by atoms with Gasteiger partial charge in [-0.15, -0.1) is 0 Å². The standard InChI is InChI=1S/C22H31N3O2/c26-21(24-18-6-7-18)8-5-16-10-13-25(14-11-16)22(27)20-4-2-1-3-19(20)17-9-12-23-15-17/h1-4,16-18,23H,5-15H2,(H,24,26). The fourth-order valence-corrected chi connectivity index (χ4v) is 4.43. The summed E-state index contributed by atoms with van der Waals surface area (Å²) in [7, 11) is 0. The van der Waals surface area contributed by atoms with Crippen molar-refractivity contribution in [1.29, 1.82) is 0 Å². The summed E-state index contributed by atoms with van der Waals surface area (Å²) in [6.45, 7) is 3.62. The maximum atomic E-state index is 13.1. The second-order valence-corrected chi connectivity index (χ2v) is 8.39. The molecule has 0 spiro atoms. The minimum atomic E-state index is 0.183. The maximum absolute atomic E-state index is 13.1. The van der Waals surface area contributed by atoms with Crippen molar-refractivity contribution in [2.45, 2.75) is 56.9 Å². The van der Waals surface area contributed by atoms with E-state index in [0.717, 1.165) is 70.3 Å². The normalized spacial score (nSPS) is 23.4. The van der Waals surface area contributed by atoms with Gasteiger partial charge in [0.15, 0.2) is 0 Å². The Morgan fingerprint density at radius 3 is 2.56 bits per heavy atom. The van der Waals surface area contributed by atoms with Gasteiger partial charge in [-0.3, -0.25) is 9.59 Å². The molecule has 2 N–H and O–H groups in total. The third-order valence-electron chi connectivity index (χ3n) is 6.32. The van der Waals surface area contributed by atoms with Gasteiger partial charge in [-0.2, -0.15) is 0 Å². The van der Waals surface area contributed by atoms with E-state index in [1.165, 1.54) is 5.56 Å². The highest BCUT2D eigenvalue weighted by Gasteiger charge is 2.28. The summed E-state index contributed by atoms with van der Waals surface area (Å²) in [6, 6.07) is 8.58. The Kier molecular flexibility index (Phi) is 5.77. The van der Waals surface area contributed by atoms with Crippen LogP contribution in [0.2, 0.25) is 0 Å². The number of rotatable bonds is 6. The van der Waals surface area contributed by atoms with E-state index < -0.39 is 0 Å². The van der Waals surface area contributed by atoms with Crippen molar-refractivity contribution >= 4 is 11.8 Å². The zero-order chi connectivity index (χ0) is 18.6. The summed E-state index contributed by atoms with van der Waals surface area (Å²) in [4.78, 5) is 27.0. The van der Waals surface area contributed by atoms with Crippen molar-refractivity contribution in [1.82, 2.24) is 15.5 Å². The molecule has 1 aliphatic carbocycles. The van der Waals surface area contributed by atoms with Crippen LogP contribution in [0.1, 0.15) is 66.8 Å². The summed E-state index contributed by atoms with van der Waals surface area (Å²) in [5.74, 6) is 1.40. The topological polar surface area (TPSA) is 61.4 Å². The molecule has 0 radical (unpaired) electrons. The van der Waals surface area contributed by atoms with Crippen LogP contribution in [0.5, 0.6) is 0 Å². The SMILES string of the molecule is O=C(CCC1CCN(C(=O)c2ccccc2C2CCNC2)CC1)NC1CC1. The first-order valence-corrected chi connectivity index (χ1v) is 10.6. The van der Waals surface area contributed by atoms with Crippen LogP contribution in [0.4, 0.5) is 0 Å². The van der Waals surface area contributed by atoms with E-state index in [0.29, 0.717) is 24.3 Å². The fraction of sp³-hybridized carbons (Fsp3) is 0.636. The number of hydrogen-bond donors (Lipinski definition) is 2. The Balaban J connectivity index is 1.29. The lowest BCUT2D eigenvalue weighted by atomic mass is 9.90. The molecule has 5 nitrogen and oxygen atoms in total. The maximum Gasteiger partial charge on any atom is 0.254 e. The largest absolute Gasteiger partial charge is 0.353 e. The minimum absolute atomic E-state index is 0.183. The van der Waals surface area contributed by atoms with E-state index in [1.54, 1.807) is 0 Å². The molecular formula is C22H31N3O2. The Hall–Kier alpha value is -1.88. The molecule has 146 valence electrons. The van der Waals surface area contributed by atoms with E-state index in [-0.39, 0.29) is 11.8 Å². The first-order chi connectivity index (χ1) is 13.2. The van der Waals surface area contributed by atoms with Crippen LogP contribution >= 0.6 is 0 Å². The van der Waals surface area contributed by atoms with Crippen molar-refractivity contribution in [2.75, 3.05) is 26.2 Å². The van der Waals surface area contributed by atoms with Gasteiger partial charge < -0.3 is 15.5 Å². The van der Waals surface area contributed by atoms with Crippen molar-refractivity contribution < 1.29 is 9.59 Å². The highest BCUT2D eigenvalue weighted by molar-refractivity contribution is 5.96. The number of hydrogen-bond acceptors (Lipinski definition) is 3. The third-order valence-corrected chi connectivity index (χ3v) is 6.32. The van der Waals surface area contributed by atoms with Crippen LogP contribution < -0.4 is 10.6 Å². The first kappa shape index (κ1) is 18.5. The van der Waals surface area contributed by atoms with Gasteiger partial charge in [-0.1, -0.05) is 18.2 Å². The van der Waals surface area contributed by atoms with Crippen molar-refractivity contribution in [3.8, 4) is 0 Å². The molecule has 3 aliphatic rings. The van der Waals surface area contributed by atoms with Crippen molar-refractivity contribution in [3.63, 3.8) is 0 Å². The number of benzene rings is 1. The number of amides is 2.